The highest BCUT2D eigenvalue weighted by molar-refractivity contribution is 7.81. The van der Waals surface area contributed by atoms with Gasteiger partial charge >= 0.3 is 16.4 Å². The number of hydrogen-bond donors (Lipinski definition) is 1. The van der Waals surface area contributed by atoms with Crippen molar-refractivity contribution in [3.8, 4) is 11.5 Å². The summed E-state index contributed by atoms with van der Waals surface area (Å²) in [7, 11) is -4.68. The number of ketones is 1. The number of esters is 1. The number of rotatable bonds is 4. The van der Waals surface area contributed by atoms with Crippen molar-refractivity contribution in [2.45, 2.75) is 64.7 Å². The van der Waals surface area contributed by atoms with E-state index in [9.17, 15) is 18.0 Å². The summed E-state index contributed by atoms with van der Waals surface area (Å²) in [6, 6.07) is 2.98. The third kappa shape index (κ3) is 3.57. The maximum absolute atomic E-state index is 12.5. The van der Waals surface area contributed by atoms with Crippen molar-refractivity contribution in [2.24, 2.45) is 17.3 Å². The zero-order valence-corrected chi connectivity index (χ0v) is 17.5. The molecule has 0 spiro atoms. The van der Waals surface area contributed by atoms with Crippen LogP contribution in [0.5, 0.6) is 11.5 Å². The van der Waals surface area contributed by atoms with E-state index in [4.69, 9.17) is 9.29 Å². The molecule has 8 heteroatoms. The predicted molar refractivity (Wildman–Crippen MR) is 104 cm³/mol. The highest BCUT2D eigenvalue weighted by atomic mass is 32.3. The molecule has 0 saturated heterocycles. The van der Waals surface area contributed by atoms with Crippen molar-refractivity contribution in [3.63, 3.8) is 0 Å². The summed E-state index contributed by atoms with van der Waals surface area (Å²) in [6.45, 7) is 3.78. The second-order valence-electron chi connectivity index (χ2n) is 8.67. The molecule has 0 aliphatic heterocycles. The Morgan fingerprint density at radius 2 is 2.00 bits per heavy atom. The van der Waals surface area contributed by atoms with Crippen LogP contribution in [0.25, 0.3) is 0 Å². The Labute approximate surface area is 170 Å². The summed E-state index contributed by atoms with van der Waals surface area (Å²) in [5.74, 6) is 0.986. The van der Waals surface area contributed by atoms with Gasteiger partial charge in [-0.2, -0.15) is 8.42 Å². The maximum atomic E-state index is 12.5. The minimum atomic E-state index is -4.68. The van der Waals surface area contributed by atoms with Gasteiger partial charge in [0, 0.05) is 29.9 Å². The zero-order valence-electron chi connectivity index (χ0n) is 16.6. The average Bonchev–Trinajstić information content (AvgIpc) is 2.95. The Morgan fingerprint density at radius 1 is 1.24 bits per heavy atom. The number of carbonyl (C=O) groups is 2. The lowest BCUT2D eigenvalue weighted by atomic mass is 9.55. The van der Waals surface area contributed by atoms with Crippen molar-refractivity contribution >= 4 is 22.2 Å². The second-order valence-corrected chi connectivity index (χ2v) is 9.69. The van der Waals surface area contributed by atoms with E-state index in [0.717, 1.165) is 36.8 Å². The van der Waals surface area contributed by atoms with Gasteiger partial charge in [-0.05, 0) is 61.5 Å². The first-order valence-electron chi connectivity index (χ1n) is 10.2. The highest BCUT2D eigenvalue weighted by Crippen LogP contribution is 2.60. The first kappa shape index (κ1) is 20.3. The quantitative estimate of drug-likeness (QED) is 0.449. The van der Waals surface area contributed by atoms with Crippen molar-refractivity contribution in [3.05, 3.63) is 23.3 Å². The van der Waals surface area contributed by atoms with Crippen molar-refractivity contribution < 1.29 is 31.5 Å². The normalized spacial score (nSPS) is 30.9. The van der Waals surface area contributed by atoms with Gasteiger partial charge in [0.05, 0.1) is 0 Å². The van der Waals surface area contributed by atoms with Crippen LogP contribution in [0.15, 0.2) is 12.1 Å². The monoisotopic (exact) mass is 422 g/mol. The van der Waals surface area contributed by atoms with Crippen molar-refractivity contribution in [1.82, 2.24) is 0 Å². The molecule has 2 fully saturated rings. The molecule has 0 unspecified atom stereocenters. The Hall–Kier alpha value is -1.93. The number of ether oxygens (including phenoxy) is 1. The van der Waals surface area contributed by atoms with Crippen LogP contribution < -0.4 is 8.92 Å². The van der Waals surface area contributed by atoms with Crippen LogP contribution in [0.3, 0.4) is 0 Å². The number of Topliss-reactive ketones (excluding diaryl/α,β-unsaturated/α-hetero) is 1. The summed E-state index contributed by atoms with van der Waals surface area (Å²) in [6.07, 6.45) is 4.92. The molecule has 1 N–H and O–H groups in total. The molecule has 3 aliphatic carbocycles. The third-order valence-corrected chi connectivity index (χ3v) is 7.58. The fourth-order valence-corrected chi connectivity index (χ4v) is 6.21. The number of aryl methyl sites for hydroxylation is 1. The van der Waals surface area contributed by atoms with E-state index in [2.05, 4.69) is 11.1 Å². The van der Waals surface area contributed by atoms with E-state index >= 15 is 0 Å². The summed E-state index contributed by atoms with van der Waals surface area (Å²) in [5.41, 5.74) is 1.54. The van der Waals surface area contributed by atoms with Crippen LogP contribution in [0, 0.1) is 17.3 Å². The van der Waals surface area contributed by atoms with Gasteiger partial charge in [-0.15, -0.1) is 0 Å². The lowest BCUT2D eigenvalue weighted by Crippen LogP contribution is -2.42. The lowest BCUT2D eigenvalue weighted by molar-refractivity contribution is -0.134. The van der Waals surface area contributed by atoms with Crippen LogP contribution in [0.4, 0.5) is 0 Å². The van der Waals surface area contributed by atoms with Gasteiger partial charge in [0.2, 0.25) is 0 Å². The summed E-state index contributed by atoms with van der Waals surface area (Å²) in [4.78, 5) is 24.5. The molecular formula is C21H26O7S. The molecule has 0 bridgehead atoms. The Morgan fingerprint density at radius 3 is 2.69 bits per heavy atom. The molecule has 4 atom stereocenters. The van der Waals surface area contributed by atoms with E-state index in [1.807, 2.05) is 0 Å². The molecule has 0 amide bonds. The zero-order chi connectivity index (χ0) is 21.0. The first-order chi connectivity index (χ1) is 13.6. The topological polar surface area (TPSA) is 107 Å². The predicted octanol–water partition coefficient (Wildman–Crippen LogP) is 3.61. The van der Waals surface area contributed by atoms with Gasteiger partial charge in [-0.25, -0.2) is 0 Å². The van der Waals surface area contributed by atoms with E-state index in [1.54, 1.807) is 13.0 Å². The van der Waals surface area contributed by atoms with E-state index < -0.39 is 16.4 Å². The summed E-state index contributed by atoms with van der Waals surface area (Å²) in [5, 5.41) is 0. The molecule has 0 heterocycles. The average molecular weight is 422 g/mol. The fourth-order valence-electron chi connectivity index (χ4n) is 5.87. The van der Waals surface area contributed by atoms with Crippen molar-refractivity contribution in [1.29, 1.82) is 0 Å². The SMILES string of the molecule is CCC(=O)Oc1cc(OS(=O)(=O)O)cc2c1[C@H]1CC[C@]3(C)C(=O)CC[C@H]3[C@@H]1CC2. The van der Waals surface area contributed by atoms with E-state index in [-0.39, 0.29) is 23.5 Å². The second kappa shape index (κ2) is 7.09. The number of carbonyl (C=O) groups excluding carboxylic acids is 2. The van der Waals surface area contributed by atoms with Crippen LogP contribution in [0.1, 0.15) is 69.4 Å². The number of hydrogen-bond acceptors (Lipinski definition) is 6. The molecule has 1 aromatic rings. The largest absolute Gasteiger partial charge is 0.446 e. The summed E-state index contributed by atoms with van der Waals surface area (Å²) < 4.78 is 41.6. The maximum Gasteiger partial charge on any atom is 0.446 e. The van der Waals surface area contributed by atoms with Crippen molar-refractivity contribution in [2.75, 3.05) is 0 Å². The molecule has 2 saturated carbocycles. The number of fused-ring (bicyclic) bond motifs is 5. The molecule has 29 heavy (non-hydrogen) atoms. The lowest BCUT2D eigenvalue weighted by Gasteiger charge is -2.48. The Kier molecular flexibility index (Phi) is 4.98. The molecule has 7 nitrogen and oxygen atoms in total. The molecular weight excluding hydrogens is 396 g/mol. The van der Waals surface area contributed by atoms with Crippen LogP contribution in [-0.4, -0.2) is 24.7 Å². The van der Waals surface area contributed by atoms with Gasteiger partial charge in [-0.3, -0.25) is 14.1 Å². The van der Waals surface area contributed by atoms with Crippen LogP contribution in [0.2, 0.25) is 0 Å². The van der Waals surface area contributed by atoms with Gasteiger partial charge in [0.1, 0.15) is 17.3 Å². The van der Waals surface area contributed by atoms with E-state index in [0.29, 0.717) is 36.2 Å². The molecule has 0 aromatic heterocycles. The summed E-state index contributed by atoms with van der Waals surface area (Å²) >= 11 is 0. The molecule has 4 rings (SSSR count). The minimum absolute atomic E-state index is 0.0692. The van der Waals surface area contributed by atoms with Gasteiger partial charge < -0.3 is 8.92 Å². The van der Waals surface area contributed by atoms with Crippen LogP contribution in [-0.2, 0) is 26.4 Å². The molecule has 158 valence electrons. The number of benzene rings is 1. The minimum Gasteiger partial charge on any atom is -0.426 e. The smallest absolute Gasteiger partial charge is 0.426 e. The Balaban J connectivity index is 1.76. The molecule has 1 aromatic carbocycles. The molecule has 3 aliphatic rings. The Bertz CT molecular complexity index is 967. The van der Waals surface area contributed by atoms with Gasteiger partial charge in [0.25, 0.3) is 0 Å². The van der Waals surface area contributed by atoms with Crippen LogP contribution >= 0.6 is 0 Å². The first-order valence-corrected chi connectivity index (χ1v) is 11.6. The van der Waals surface area contributed by atoms with Gasteiger partial charge in [0.15, 0.2) is 0 Å². The fraction of sp³-hybridized carbons (Fsp3) is 0.619. The van der Waals surface area contributed by atoms with Gasteiger partial charge in [-0.1, -0.05) is 13.8 Å². The standard InChI is InChI=1S/C21H26O7S/c1-3-19(23)27-17-11-13(28-29(24,25)26)10-12-4-5-14-15(20(12)17)8-9-21(2)16(14)6-7-18(21)22/h10-11,14-16H,3-9H2,1-2H3,(H,24,25,26)/t14-,15+,16+,21+/m1/s1. The molecule has 0 radical (unpaired) electrons. The highest BCUT2D eigenvalue weighted by Gasteiger charge is 2.55. The van der Waals surface area contributed by atoms with E-state index in [1.165, 1.54) is 6.07 Å². The third-order valence-electron chi connectivity index (χ3n) is 7.18.